The summed E-state index contributed by atoms with van der Waals surface area (Å²) in [5.41, 5.74) is 1.34. The summed E-state index contributed by atoms with van der Waals surface area (Å²) in [5.74, 6) is 0.643. The highest BCUT2D eigenvalue weighted by atomic mass is 35.5. The van der Waals surface area contributed by atoms with Crippen LogP contribution in [0, 0.1) is 6.92 Å². The SMILES string of the molecule is Cc1ccc(Cl)c(OCC2(O)CCCN(Cc3ccn(C)n3)CC2)c1. The van der Waals surface area contributed by atoms with Crippen LogP contribution in [0.25, 0.3) is 0 Å². The van der Waals surface area contributed by atoms with Gasteiger partial charge in [-0.15, -0.1) is 0 Å². The van der Waals surface area contributed by atoms with Crippen LogP contribution < -0.4 is 4.74 Å². The van der Waals surface area contributed by atoms with Gasteiger partial charge in [0, 0.05) is 26.3 Å². The van der Waals surface area contributed by atoms with E-state index in [1.807, 2.05) is 49.1 Å². The van der Waals surface area contributed by atoms with Crippen molar-refractivity contribution in [1.82, 2.24) is 14.7 Å². The molecule has 2 aromatic rings. The summed E-state index contributed by atoms with van der Waals surface area (Å²) in [5, 5.41) is 16.0. The predicted molar refractivity (Wildman–Crippen MR) is 99.0 cm³/mol. The first-order valence-electron chi connectivity index (χ1n) is 8.76. The van der Waals surface area contributed by atoms with Gasteiger partial charge in [-0.2, -0.15) is 5.10 Å². The van der Waals surface area contributed by atoms with Gasteiger partial charge in [0.05, 0.1) is 16.3 Å². The van der Waals surface area contributed by atoms with Gasteiger partial charge in [0.25, 0.3) is 0 Å². The zero-order chi connectivity index (χ0) is 17.9. The Morgan fingerprint density at radius 2 is 2.12 bits per heavy atom. The second kappa shape index (κ2) is 7.77. The topological polar surface area (TPSA) is 50.5 Å². The molecule has 6 heteroatoms. The molecule has 2 heterocycles. The Labute approximate surface area is 154 Å². The third kappa shape index (κ3) is 4.97. The standard InChI is InChI=1S/C19H26ClN3O2/c1-15-4-5-17(20)18(12-15)25-14-19(24)7-3-9-23(11-8-19)13-16-6-10-22(2)21-16/h4-6,10,12,24H,3,7-9,11,13-14H2,1-2H3. The third-order valence-electron chi connectivity index (χ3n) is 4.75. The lowest BCUT2D eigenvalue weighted by Crippen LogP contribution is -2.37. The number of aryl methyl sites for hydroxylation is 2. The molecule has 0 bridgehead atoms. The summed E-state index contributed by atoms with van der Waals surface area (Å²) in [6, 6.07) is 7.73. The Morgan fingerprint density at radius 3 is 2.88 bits per heavy atom. The molecule has 1 fully saturated rings. The lowest BCUT2D eigenvalue weighted by Gasteiger charge is -2.27. The van der Waals surface area contributed by atoms with Crippen molar-refractivity contribution >= 4 is 11.6 Å². The average Bonchev–Trinajstić information content (AvgIpc) is 2.89. The van der Waals surface area contributed by atoms with Crippen LogP contribution in [-0.4, -0.2) is 45.1 Å². The molecule has 1 unspecified atom stereocenters. The van der Waals surface area contributed by atoms with Crippen molar-refractivity contribution in [3.8, 4) is 5.75 Å². The lowest BCUT2D eigenvalue weighted by atomic mass is 9.96. The van der Waals surface area contributed by atoms with Crippen LogP contribution in [0.3, 0.4) is 0 Å². The van der Waals surface area contributed by atoms with E-state index in [1.54, 1.807) is 0 Å². The molecule has 1 saturated heterocycles. The van der Waals surface area contributed by atoms with Crippen LogP contribution in [0.2, 0.25) is 5.02 Å². The molecule has 0 saturated carbocycles. The summed E-state index contributed by atoms with van der Waals surface area (Å²) in [6.45, 7) is 4.89. The summed E-state index contributed by atoms with van der Waals surface area (Å²) in [7, 11) is 1.93. The van der Waals surface area contributed by atoms with E-state index in [2.05, 4.69) is 10.00 Å². The number of hydrogen-bond acceptors (Lipinski definition) is 4. The number of likely N-dealkylation sites (tertiary alicyclic amines) is 1. The predicted octanol–water partition coefficient (Wildman–Crippen LogP) is 3.18. The number of hydrogen-bond donors (Lipinski definition) is 1. The Bertz CT molecular complexity index is 718. The smallest absolute Gasteiger partial charge is 0.138 e. The van der Waals surface area contributed by atoms with E-state index in [1.165, 1.54) is 0 Å². The van der Waals surface area contributed by atoms with Gasteiger partial charge in [-0.05, 0) is 56.5 Å². The van der Waals surface area contributed by atoms with Crippen LogP contribution in [0.15, 0.2) is 30.5 Å². The minimum absolute atomic E-state index is 0.271. The highest BCUT2D eigenvalue weighted by Gasteiger charge is 2.31. The number of ether oxygens (including phenoxy) is 1. The third-order valence-corrected chi connectivity index (χ3v) is 5.06. The first kappa shape index (κ1) is 18.2. The monoisotopic (exact) mass is 363 g/mol. The molecule has 0 amide bonds. The number of aliphatic hydroxyl groups is 1. The van der Waals surface area contributed by atoms with Gasteiger partial charge in [0.2, 0.25) is 0 Å². The highest BCUT2D eigenvalue weighted by Crippen LogP contribution is 2.29. The number of aromatic nitrogens is 2. The van der Waals surface area contributed by atoms with Crippen LogP contribution in [0.1, 0.15) is 30.5 Å². The molecule has 0 spiro atoms. The van der Waals surface area contributed by atoms with Crippen LogP contribution >= 0.6 is 11.6 Å². The van der Waals surface area contributed by atoms with Crippen molar-refractivity contribution in [2.75, 3.05) is 19.7 Å². The lowest BCUT2D eigenvalue weighted by molar-refractivity contribution is -0.0168. The molecule has 0 radical (unpaired) electrons. The second-order valence-electron chi connectivity index (χ2n) is 7.06. The van der Waals surface area contributed by atoms with E-state index in [0.29, 0.717) is 17.2 Å². The largest absolute Gasteiger partial charge is 0.489 e. The summed E-state index contributed by atoms with van der Waals surface area (Å²) < 4.78 is 7.68. The first-order valence-corrected chi connectivity index (χ1v) is 9.14. The van der Waals surface area contributed by atoms with Gasteiger partial charge >= 0.3 is 0 Å². The average molecular weight is 364 g/mol. The van der Waals surface area contributed by atoms with Gasteiger partial charge in [-0.1, -0.05) is 17.7 Å². The normalized spacial score (nSPS) is 21.9. The number of halogens is 1. The molecular weight excluding hydrogens is 338 g/mol. The Hall–Kier alpha value is -1.56. The van der Waals surface area contributed by atoms with Crippen LogP contribution in [0.5, 0.6) is 5.75 Å². The molecule has 3 rings (SSSR count). The van der Waals surface area contributed by atoms with Gasteiger partial charge in [0.15, 0.2) is 0 Å². The molecule has 136 valence electrons. The molecule has 5 nitrogen and oxygen atoms in total. The van der Waals surface area contributed by atoms with E-state index in [0.717, 1.165) is 43.7 Å². The first-order chi connectivity index (χ1) is 11.9. The summed E-state index contributed by atoms with van der Waals surface area (Å²) in [6.07, 6.45) is 4.32. The number of rotatable bonds is 5. The van der Waals surface area contributed by atoms with Gasteiger partial charge in [-0.3, -0.25) is 9.58 Å². The van der Waals surface area contributed by atoms with Crippen molar-refractivity contribution in [2.24, 2.45) is 7.05 Å². The number of benzene rings is 1. The molecular formula is C19H26ClN3O2. The van der Waals surface area contributed by atoms with E-state index >= 15 is 0 Å². The quantitative estimate of drug-likeness (QED) is 0.886. The Morgan fingerprint density at radius 1 is 1.28 bits per heavy atom. The fraction of sp³-hybridized carbons (Fsp3) is 0.526. The summed E-state index contributed by atoms with van der Waals surface area (Å²) in [4.78, 5) is 2.35. The van der Waals surface area contributed by atoms with Crippen molar-refractivity contribution in [3.63, 3.8) is 0 Å². The van der Waals surface area contributed by atoms with Crippen molar-refractivity contribution in [1.29, 1.82) is 0 Å². The van der Waals surface area contributed by atoms with E-state index in [-0.39, 0.29) is 6.61 Å². The molecule has 1 aromatic carbocycles. The Balaban J connectivity index is 1.56. The van der Waals surface area contributed by atoms with E-state index < -0.39 is 5.60 Å². The molecule has 1 N–H and O–H groups in total. The molecule has 0 aliphatic carbocycles. The molecule has 1 aliphatic rings. The zero-order valence-electron chi connectivity index (χ0n) is 14.9. The summed E-state index contributed by atoms with van der Waals surface area (Å²) >= 11 is 6.18. The maximum absolute atomic E-state index is 10.9. The van der Waals surface area contributed by atoms with E-state index in [9.17, 15) is 5.11 Å². The minimum atomic E-state index is -0.814. The fourth-order valence-corrected chi connectivity index (χ4v) is 3.42. The maximum atomic E-state index is 10.9. The second-order valence-corrected chi connectivity index (χ2v) is 7.46. The van der Waals surface area contributed by atoms with E-state index in [4.69, 9.17) is 16.3 Å². The van der Waals surface area contributed by atoms with Gasteiger partial charge in [0.1, 0.15) is 12.4 Å². The zero-order valence-corrected chi connectivity index (χ0v) is 15.7. The highest BCUT2D eigenvalue weighted by molar-refractivity contribution is 6.32. The van der Waals surface area contributed by atoms with Gasteiger partial charge in [-0.25, -0.2) is 0 Å². The maximum Gasteiger partial charge on any atom is 0.138 e. The van der Waals surface area contributed by atoms with Crippen molar-refractivity contribution < 1.29 is 9.84 Å². The fourth-order valence-electron chi connectivity index (χ4n) is 3.25. The Kier molecular flexibility index (Phi) is 5.67. The van der Waals surface area contributed by atoms with Crippen molar-refractivity contribution in [3.05, 3.63) is 46.7 Å². The van der Waals surface area contributed by atoms with Crippen LogP contribution in [-0.2, 0) is 13.6 Å². The molecule has 25 heavy (non-hydrogen) atoms. The molecule has 1 aromatic heterocycles. The minimum Gasteiger partial charge on any atom is -0.489 e. The van der Waals surface area contributed by atoms with Crippen LogP contribution in [0.4, 0.5) is 0 Å². The number of nitrogens with zero attached hydrogens (tertiary/aromatic N) is 3. The molecule has 1 atom stereocenters. The van der Waals surface area contributed by atoms with Gasteiger partial charge < -0.3 is 9.84 Å². The molecule has 1 aliphatic heterocycles. The van der Waals surface area contributed by atoms with Crippen molar-refractivity contribution in [2.45, 2.75) is 38.3 Å².